The van der Waals surface area contributed by atoms with Crippen LogP contribution in [0.15, 0.2) is 36.4 Å². The van der Waals surface area contributed by atoms with Crippen molar-refractivity contribution < 1.29 is 33.4 Å². The van der Waals surface area contributed by atoms with Crippen LogP contribution in [0.5, 0.6) is 11.5 Å². The monoisotopic (exact) mass is 623 g/mol. The standard InChI is InChI=1S/C35H46FN3O6/c1-4-8-25(9-5-2)39(26-12-13-28(36)23(3)18-26)33(41)21-38-20-27(24-11-14-30-31(19-24)45-22-44-30)34(35(42)43)29(38)15-17-37-16-7-6-10-32(37)40/h11-14,18-19,25,27,29,34H,4-10,15-17,20-22H2,1-3H3,(H,42,43)/t27?,29-,34+/m1/s1. The smallest absolute Gasteiger partial charge is 0.308 e. The van der Waals surface area contributed by atoms with E-state index in [9.17, 15) is 23.9 Å². The summed E-state index contributed by atoms with van der Waals surface area (Å²) in [6.07, 6.45) is 6.14. The summed E-state index contributed by atoms with van der Waals surface area (Å²) < 4.78 is 25.4. The topological polar surface area (TPSA) is 99.6 Å². The van der Waals surface area contributed by atoms with Gasteiger partial charge in [0.1, 0.15) is 5.82 Å². The van der Waals surface area contributed by atoms with Crippen molar-refractivity contribution in [3.05, 3.63) is 53.3 Å². The van der Waals surface area contributed by atoms with Crippen molar-refractivity contribution in [2.45, 2.75) is 90.1 Å². The van der Waals surface area contributed by atoms with Gasteiger partial charge in [0, 0.05) is 49.7 Å². The minimum Gasteiger partial charge on any atom is -0.481 e. The summed E-state index contributed by atoms with van der Waals surface area (Å²) in [7, 11) is 0. The zero-order valence-electron chi connectivity index (χ0n) is 26.7. The number of amides is 2. The predicted octanol–water partition coefficient (Wildman–Crippen LogP) is 5.74. The second-order valence-electron chi connectivity index (χ2n) is 12.6. The van der Waals surface area contributed by atoms with Gasteiger partial charge in [-0.2, -0.15) is 0 Å². The largest absolute Gasteiger partial charge is 0.481 e. The fourth-order valence-corrected chi connectivity index (χ4v) is 7.38. The number of ether oxygens (including phenoxy) is 2. The summed E-state index contributed by atoms with van der Waals surface area (Å²) in [5, 5.41) is 10.6. The Balaban J connectivity index is 1.47. The zero-order valence-corrected chi connectivity index (χ0v) is 26.7. The first-order valence-corrected chi connectivity index (χ1v) is 16.4. The molecule has 2 aromatic rings. The Morgan fingerprint density at radius 3 is 2.51 bits per heavy atom. The van der Waals surface area contributed by atoms with Gasteiger partial charge in [-0.05, 0) is 80.5 Å². The number of benzene rings is 2. The van der Waals surface area contributed by atoms with Gasteiger partial charge in [0.25, 0.3) is 0 Å². The molecule has 0 bridgehead atoms. The van der Waals surface area contributed by atoms with Crippen molar-refractivity contribution in [2.24, 2.45) is 5.92 Å². The lowest BCUT2D eigenvalue weighted by Gasteiger charge is -2.35. The number of aryl methyl sites for hydroxylation is 1. The van der Waals surface area contributed by atoms with E-state index in [1.807, 2.05) is 32.9 Å². The molecule has 9 nitrogen and oxygen atoms in total. The van der Waals surface area contributed by atoms with Crippen LogP contribution in [0.1, 0.15) is 82.3 Å². The van der Waals surface area contributed by atoms with Crippen molar-refractivity contribution in [3.63, 3.8) is 0 Å². The second kappa shape index (κ2) is 14.6. The van der Waals surface area contributed by atoms with Crippen molar-refractivity contribution in [1.82, 2.24) is 9.80 Å². The van der Waals surface area contributed by atoms with Gasteiger partial charge in [0.2, 0.25) is 18.6 Å². The molecule has 2 amide bonds. The number of carbonyl (C=O) groups is 3. The Kier molecular flexibility index (Phi) is 10.6. The number of hydrogen-bond donors (Lipinski definition) is 1. The summed E-state index contributed by atoms with van der Waals surface area (Å²) in [6, 6.07) is 9.81. The van der Waals surface area contributed by atoms with Crippen molar-refractivity contribution in [3.8, 4) is 11.5 Å². The number of anilines is 1. The molecule has 0 aromatic heterocycles. The minimum absolute atomic E-state index is 0.0177. The van der Waals surface area contributed by atoms with Gasteiger partial charge in [-0.3, -0.25) is 19.3 Å². The first-order valence-electron chi connectivity index (χ1n) is 16.4. The second-order valence-corrected chi connectivity index (χ2v) is 12.6. The number of nitrogens with zero attached hydrogens (tertiary/aromatic N) is 3. The Hall–Kier alpha value is -3.66. The molecule has 2 aromatic carbocycles. The number of likely N-dealkylation sites (tertiary alicyclic amines) is 2. The number of piperidine rings is 1. The number of fused-ring (bicyclic) bond motifs is 1. The quantitative estimate of drug-likeness (QED) is 0.304. The molecule has 0 spiro atoms. The van der Waals surface area contributed by atoms with Gasteiger partial charge >= 0.3 is 5.97 Å². The molecular formula is C35H46FN3O6. The highest BCUT2D eigenvalue weighted by Gasteiger charge is 2.48. The van der Waals surface area contributed by atoms with Crippen LogP contribution in [0.25, 0.3) is 0 Å². The molecular weight excluding hydrogens is 577 g/mol. The summed E-state index contributed by atoms with van der Waals surface area (Å²) >= 11 is 0. The third-order valence-electron chi connectivity index (χ3n) is 9.61. The number of aliphatic carboxylic acids is 1. The number of hydrogen-bond acceptors (Lipinski definition) is 6. The number of carbonyl (C=O) groups excluding carboxylic acids is 2. The third kappa shape index (κ3) is 7.27. The van der Waals surface area contributed by atoms with Crippen LogP contribution in [0.3, 0.4) is 0 Å². The first kappa shape index (κ1) is 32.7. The van der Waals surface area contributed by atoms with Crippen LogP contribution in [-0.2, 0) is 14.4 Å². The van der Waals surface area contributed by atoms with Gasteiger partial charge < -0.3 is 24.4 Å². The molecule has 0 saturated carbocycles. The molecule has 2 saturated heterocycles. The van der Waals surface area contributed by atoms with E-state index in [0.717, 1.165) is 44.1 Å². The van der Waals surface area contributed by atoms with Crippen LogP contribution < -0.4 is 14.4 Å². The summed E-state index contributed by atoms with van der Waals surface area (Å²) in [6.45, 7) is 7.49. The maximum absolute atomic E-state index is 14.4. The zero-order chi connectivity index (χ0) is 32.1. The third-order valence-corrected chi connectivity index (χ3v) is 9.61. The highest BCUT2D eigenvalue weighted by molar-refractivity contribution is 5.95. The molecule has 3 atom stereocenters. The summed E-state index contributed by atoms with van der Waals surface area (Å²) in [5.74, 6) is -1.26. The molecule has 45 heavy (non-hydrogen) atoms. The number of carboxylic acids is 1. The predicted molar refractivity (Wildman–Crippen MR) is 169 cm³/mol. The summed E-state index contributed by atoms with van der Waals surface area (Å²) in [5.41, 5.74) is 1.94. The van der Waals surface area contributed by atoms with Crippen LogP contribution in [0.4, 0.5) is 10.1 Å². The van der Waals surface area contributed by atoms with Crippen LogP contribution >= 0.6 is 0 Å². The molecule has 5 rings (SSSR count). The van der Waals surface area contributed by atoms with E-state index in [4.69, 9.17) is 9.47 Å². The Morgan fingerprint density at radius 1 is 1.07 bits per heavy atom. The van der Waals surface area contributed by atoms with E-state index in [1.54, 1.807) is 19.1 Å². The maximum atomic E-state index is 14.4. The Bertz CT molecular complexity index is 1380. The maximum Gasteiger partial charge on any atom is 0.308 e. The normalized spacial score (nSPS) is 21.5. The molecule has 2 fully saturated rings. The molecule has 1 unspecified atom stereocenters. The van der Waals surface area contributed by atoms with Gasteiger partial charge in [0.15, 0.2) is 11.5 Å². The van der Waals surface area contributed by atoms with Gasteiger partial charge in [-0.15, -0.1) is 0 Å². The number of halogens is 1. The average Bonchev–Trinajstić information content (AvgIpc) is 3.63. The molecule has 0 aliphatic carbocycles. The van der Waals surface area contributed by atoms with Gasteiger partial charge in [0.05, 0.1) is 12.5 Å². The molecule has 10 heteroatoms. The average molecular weight is 624 g/mol. The van der Waals surface area contributed by atoms with E-state index in [-0.39, 0.29) is 37.0 Å². The van der Waals surface area contributed by atoms with E-state index in [2.05, 4.69) is 13.8 Å². The van der Waals surface area contributed by atoms with E-state index in [0.29, 0.717) is 55.2 Å². The summed E-state index contributed by atoms with van der Waals surface area (Å²) in [4.78, 5) is 45.7. The number of carboxylic acid groups (broad SMARTS) is 1. The molecule has 3 aliphatic heterocycles. The molecule has 244 valence electrons. The highest BCUT2D eigenvalue weighted by atomic mass is 19.1. The van der Waals surface area contributed by atoms with Gasteiger partial charge in [-0.1, -0.05) is 32.8 Å². The van der Waals surface area contributed by atoms with Crippen LogP contribution in [0, 0.1) is 18.7 Å². The molecule has 0 radical (unpaired) electrons. The van der Waals surface area contributed by atoms with E-state index < -0.39 is 23.8 Å². The van der Waals surface area contributed by atoms with Gasteiger partial charge in [-0.25, -0.2) is 4.39 Å². The van der Waals surface area contributed by atoms with Crippen molar-refractivity contribution in [2.75, 3.05) is 37.9 Å². The van der Waals surface area contributed by atoms with E-state index >= 15 is 0 Å². The lowest BCUT2D eigenvalue weighted by atomic mass is 9.84. The highest BCUT2D eigenvalue weighted by Crippen LogP contribution is 2.43. The van der Waals surface area contributed by atoms with Crippen molar-refractivity contribution in [1.29, 1.82) is 0 Å². The van der Waals surface area contributed by atoms with Crippen LogP contribution in [0.2, 0.25) is 0 Å². The molecule has 3 aliphatic rings. The lowest BCUT2D eigenvalue weighted by molar-refractivity contribution is -0.143. The molecule has 3 heterocycles. The Morgan fingerprint density at radius 2 is 1.82 bits per heavy atom. The SMILES string of the molecule is CCCC(CCC)N(C(=O)CN1CC(c2ccc3c(c2)OCO3)[C@H](C(=O)O)[C@H]1CCN1CCCCC1=O)c1ccc(F)c(C)c1. The lowest BCUT2D eigenvalue weighted by Crippen LogP contribution is -2.49. The molecule has 1 N–H and O–H groups in total. The number of rotatable bonds is 13. The minimum atomic E-state index is -0.927. The van der Waals surface area contributed by atoms with Crippen molar-refractivity contribution >= 4 is 23.5 Å². The van der Waals surface area contributed by atoms with Crippen LogP contribution in [-0.4, -0.2) is 77.7 Å². The fraction of sp³-hybridized carbons (Fsp3) is 0.571. The first-order chi connectivity index (χ1) is 21.7. The Labute approximate surface area is 265 Å². The fourth-order valence-electron chi connectivity index (χ4n) is 7.38. The van der Waals surface area contributed by atoms with E-state index in [1.165, 1.54) is 6.07 Å².